The Morgan fingerprint density at radius 3 is 1.96 bits per heavy atom. The molecule has 26 heavy (non-hydrogen) atoms. The lowest BCUT2D eigenvalue weighted by molar-refractivity contribution is 0.0374. The summed E-state index contributed by atoms with van der Waals surface area (Å²) in [6.45, 7) is 7.47. The topological polar surface area (TPSA) is 9.23 Å². The molecule has 0 N–H and O–H groups in total. The molecule has 1 aliphatic heterocycles. The van der Waals surface area contributed by atoms with Gasteiger partial charge in [0, 0.05) is 20.5 Å². The van der Waals surface area contributed by atoms with Crippen LogP contribution in [0, 0.1) is 16.7 Å². The molecule has 2 aliphatic carbocycles. The maximum absolute atomic E-state index is 6.98. The zero-order valence-corrected chi connectivity index (χ0v) is 17.1. The van der Waals surface area contributed by atoms with Crippen LogP contribution in [0.4, 0.5) is 0 Å². The largest absolute Gasteiger partial charge is 0.355 e. The fourth-order valence-corrected chi connectivity index (χ4v) is 8.07. The van der Waals surface area contributed by atoms with E-state index in [0.717, 1.165) is 18.2 Å². The van der Waals surface area contributed by atoms with E-state index in [2.05, 4.69) is 69.3 Å². The Balaban J connectivity index is 1.47. The Morgan fingerprint density at radius 1 is 0.885 bits per heavy atom. The van der Waals surface area contributed by atoms with Crippen molar-refractivity contribution in [1.29, 1.82) is 0 Å². The van der Waals surface area contributed by atoms with Crippen molar-refractivity contribution in [1.82, 2.24) is 0 Å². The fraction of sp³-hybridized carbons (Fsp3) is 0.500. The number of hydrogen-bond donors (Lipinski definition) is 0. The quantitative estimate of drug-likeness (QED) is 0.522. The molecule has 1 nitrogen and oxygen atoms in total. The van der Waals surface area contributed by atoms with Crippen LogP contribution in [0.15, 0.2) is 48.5 Å². The van der Waals surface area contributed by atoms with Crippen molar-refractivity contribution >= 4 is 8.15 Å². The molecule has 2 bridgehead atoms. The van der Waals surface area contributed by atoms with Crippen LogP contribution in [0.1, 0.15) is 51.2 Å². The summed E-state index contributed by atoms with van der Waals surface area (Å²) in [5.74, 6) is 0.846. The Bertz CT molecular complexity index is 794. The van der Waals surface area contributed by atoms with E-state index in [0.29, 0.717) is 16.9 Å². The third-order valence-corrected chi connectivity index (χ3v) is 9.95. The second-order valence-electron chi connectivity index (χ2n) is 9.32. The van der Waals surface area contributed by atoms with Gasteiger partial charge in [0.25, 0.3) is 0 Å². The first-order chi connectivity index (χ1) is 12.5. The van der Waals surface area contributed by atoms with Gasteiger partial charge in [-0.3, -0.25) is 0 Å². The number of benzene rings is 2. The summed E-state index contributed by atoms with van der Waals surface area (Å²) in [5, 5.41) is 0. The van der Waals surface area contributed by atoms with Crippen molar-refractivity contribution in [2.75, 3.05) is 0 Å². The molecule has 2 heteroatoms. The first-order valence-electron chi connectivity index (χ1n) is 10.1. The monoisotopic (exact) mass is 364 g/mol. The van der Waals surface area contributed by atoms with Gasteiger partial charge in [0.15, 0.2) is 0 Å². The Hall–Kier alpha value is -1.17. The summed E-state index contributed by atoms with van der Waals surface area (Å²) in [6.07, 6.45) is 6.64. The average molecular weight is 364 g/mol. The number of rotatable bonds is 2. The van der Waals surface area contributed by atoms with Gasteiger partial charge in [0.1, 0.15) is 0 Å². The first-order valence-corrected chi connectivity index (χ1v) is 11.7. The zero-order valence-electron chi connectivity index (χ0n) is 16.2. The first kappa shape index (κ1) is 17.0. The van der Waals surface area contributed by atoms with Crippen molar-refractivity contribution in [2.45, 2.75) is 58.5 Å². The maximum Gasteiger partial charge on any atom is 0.0679 e. The smallest absolute Gasteiger partial charge is 0.0679 e. The minimum atomic E-state index is -0.468. The Labute approximate surface area is 159 Å². The van der Waals surface area contributed by atoms with E-state index in [-0.39, 0.29) is 0 Å². The predicted octanol–water partition coefficient (Wildman–Crippen LogP) is 7.00. The molecule has 1 heterocycles. The summed E-state index contributed by atoms with van der Waals surface area (Å²) in [5.41, 5.74) is 6.54. The standard InChI is InChI=1S/C24H29OP/c1-23(2)19-12-13-24(23,3)22(14-19)25-26-15-17-8-4-6-10-20(17)21-11-7-5-9-18(21)16-26/h4-11,19,22H,12-16H2,1-3H3. The molecule has 2 fully saturated rings. The lowest BCUT2D eigenvalue weighted by atomic mass is 9.70. The van der Waals surface area contributed by atoms with E-state index in [1.54, 1.807) is 0 Å². The lowest BCUT2D eigenvalue weighted by Gasteiger charge is -2.40. The zero-order chi connectivity index (χ0) is 17.9. The molecule has 0 amide bonds. The van der Waals surface area contributed by atoms with Gasteiger partial charge in [0.05, 0.1) is 6.10 Å². The lowest BCUT2D eigenvalue weighted by Crippen LogP contribution is -2.36. The van der Waals surface area contributed by atoms with Crippen molar-refractivity contribution in [2.24, 2.45) is 16.7 Å². The van der Waals surface area contributed by atoms with Gasteiger partial charge in [0.2, 0.25) is 0 Å². The van der Waals surface area contributed by atoms with Crippen molar-refractivity contribution in [3.05, 3.63) is 59.7 Å². The van der Waals surface area contributed by atoms with E-state index >= 15 is 0 Å². The van der Waals surface area contributed by atoms with Crippen LogP contribution < -0.4 is 0 Å². The van der Waals surface area contributed by atoms with Gasteiger partial charge in [-0.1, -0.05) is 69.3 Å². The number of hydrogen-bond acceptors (Lipinski definition) is 1. The molecule has 3 unspecified atom stereocenters. The molecule has 2 saturated carbocycles. The molecule has 2 aromatic rings. The van der Waals surface area contributed by atoms with Crippen LogP contribution in [-0.4, -0.2) is 6.10 Å². The summed E-state index contributed by atoms with van der Waals surface area (Å²) >= 11 is 0. The highest BCUT2D eigenvalue weighted by atomic mass is 31.1. The molecule has 0 spiro atoms. The third kappa shape index (κ3) is 2.36. The molecule has 136 valence electrons. The summed E-state index contributed by atoms with van der Waals surface area (Å²) in [6, 6.07) is 17.9. The van der Waals surface area contributed by atoms with Gasteiger partial charge >= 0.3 is 0 Å². The van der Waals surface area contributed by atoms with Crippen molar-refractivity contribution < 1.29 is 4.52 Å². The molecule has 0 radical (unpaired) electrons. The molecule has 2 aromatic carbocycles. The molecule has 3 atom stereocenters. The van der Waals surface area contributed by atoms with Crippen LogP contribution in [0.5, 0.6) is 0 Å². The second kappa shape index (κ2) is 5.91. The average Bonchev–Trinajstić information content (AvgIpc) is 2.89. The molecular formula is C24H29OP. The van der Waals surface area contributed by atoms with Gasteiger partial charge in [-0.2, -0.15) is 0 Å². The Kier molecular flexibility index (Phi) is 3.86. The highest BCUT2D eigenvalue weighted by Crippen LogP contribution is 2.68. The van der Waals surface area contributed by atoms with E-state index in [9.17, 15) is 0 Å². The van der Waals surface area contributed by atoms with Crippen molar-refractivity contribution in [3.63, 3.8) is 0 Å². The van der Waals surface area contributed by atoms with Gasteiger partial charge < -0.3 is 4.52 Å². The van der Waals surface area contributed by atoms with Crippen LogP contribution in [-0.2, 0) is 16.8 Å². The van der Waals surface area contributed by atoms with E-state index in [1.165, 1.54) is 41.5 Å². The molecular weight excluding hydrogens is 335 g/mol. The van der Waals surface area contributed by atoms with Crippen LogP contribution >= 0.6 is 8.15 Å². The number of fused-ring (bicyclic) bond motifs is 5. The van der Waals surface area contributed by atoms with Crippen LogP contribution in [0.2, 0.25) is 0 Å². The van der Waals surface area contributed by atoms with Crippen molar-refractivity contribution in [3.8, 4) is 11.1 Å². The third-order valence-electron chi connectivity index (χ3n) is 8.01. The fourth-order valence-electron chi connectivity index (χ4n) is 5.82. The normalized spacial score (nSPS) is 32.1. The van der Waals surface area contributed by atoms with E-state index in [1.807, 2.05) is 0 Å². The van der Waals surface area contributed by atoms with Crippen LogP contribution in [0.3, 0.4) is 0 Å². The van der Waals surface area contributed by atoms with E-state index in [4.69, 9.17) is 4.52 Å². The summed E-state index contributed by atoms with van der Waals surface area (Å²) < 4.78 is 6.98. The summed E-state index contributed by atoms with van der Waals surface area (Å²) in [4.78, 5) is 0. The van der Waals surface area contributed by atoms with E-state index < -0.39 is 8.15 Å². The predicted molar refractivity (Wildman–Crippen MR) is 110 cm³/mol. The molecule has 5 rings (SSSR count). The molecule has 0 aromatic heterocycles. The Morgan fingerprint density at radius 2 is 1.46 bits per heavy atom. The SMILES string of the molecule is CC1(C)C2CCC1(C)C(OP1Cc3ccccc3-c3ccccc3C1)C2. The van der Waals surface area contributed by atoms with Gasteiger partial charge in [-0.15, -0.1) is 0 Å². The minimum absolute atomic E-state index is 0.353. The molecule has 0 saturated heterocycles. The maximum atomic E-state index is 6.98. The summed E-state index contributed by atoms with van der Waals surface area (Å²) in [7, 11) is -0.468. The molecule has 3 aliphatic rings. The highest BCUT2D eigenvalue weighted by molar-refractivity contribution is 7.50. The van der Waals surface area contributed by atoms with Gasteiger partial charge in [-0.25, -0.2) is 0 Å². The highest BCUT2D eigenvalue weighted by Gasteiger charge is 2.62. The van der Waals surface area contributed by atoms with Gasteiger partial charge in [-0.05, 0) is 58.3 Å². The second-order valence-corrected chi connectivity index (χ2v) is 11.1. The minimum Gasteiger partial charge on any atom is -0.355 e. The van der Waals surface area contributed by atoms with Crippen LogP contribution in [0.25, 0.3) is 11.1 Å².